The van der Waals surface area contributed by atoms with Crippen LogP contribution in [0.5, 0.6) is 0 Å². The molecule has 0 N–H and O–H groups in total. The number of rotatable bonds is 4. The number of benzene rings is 2. The minimum atomic E-state index is -0.514. The van der Waals surface area contributed by atoms with Crippen LogP contribution in [0.15, 0.2) is 48.5 Å². The third-order valence-corrected chi connectivity index (χ3v) is 2.98. The fourth-order valence-corrected chi connectivity index (χ4v) is 2.05. The van der Waals surface area contributed by atoms with Gasteiger partial charge in [-0.2, -0.15) is 0 Å². The summed E-state index contributed by atoms with van der Waals surface area (Å²) >= 11 is 0. The molecule has 92 valence electrons. The number of methoxy groups -OCH3 is 1. The Kier molecular flexibility index (Phi) is 3.90. The maximum atomic E-state index is 11.1. The molecule has 0 heterocycles. The number of aryl methyl sites for hydroxylation is 1. The van der Waals surface area contributed by atoms with Gasteiger partial charge in [-0.3, -0.25) is 0 Å². The van der Waals surface area contributed by atoms with Gasteiger partial charge in [0.1, 0.15) is 6.10 Å². The Labute approximate surface area is 107 Å². The average Bonchev–Trinajstić information content (AvgIpc) is 2.41. The van der Waals surface area contributed by atoms with E-state index in [9.17, 15) is 4.79 Å². The third kappa shape index (κ3) is 2.49. The van der Waals surface area contributed by atoms with Gasteiger partial charge in [0.25, 0.3) is 0 Å². The lowest BCUT2D eigenvalue weighted by Crippen LogP contribution is -2.05. The van der Waals surface area contributed by atoms with Crippen molar-refractivity contribution in [3.63, 3.8) is 0 Å². The molecule has 2 rings (SSSR count). The molecule has 1 unspecified atom stereocenters. The van der Waals surface area contributed by atoms with Crippen molar-refractivity contribution < 1.29 is 9.53 Å². The first-order chi connectivity index (χ1) is 8.76. The number of hydrogen-bond acceptors (Lipinski definition) is 2. The van der Waals surface area contributed by atoms with Crippen LogP contribution in [-0.4, -0.2) is 13.4 Å². The molecule has 0 aromatic heterocycles. The molecule has 0 aliphatic carbocycles. The van der Waals surface area contributed by atoms with E-state index in [4.69, 9.17) is 4.74 Å². The van der Waals surface area contributed by atoms with Crippen molar-refractivity contribution in [1.29, 1.82) is 0 Å². The van der Waals surface area contributed by atoms with E-state index >= 15 is 0 Å². The van der Waals surface area contributed by atoms with Gasteiger partial charge in [-0.25, -0.2) is 0 Å². The standard InChI is InChI=1S/C16H16O2/c1-12-8-9-14(13-6-4-3-5-7-13)15(10-12)16(11-17)18-2/h3-11,16H,1-2H3. The summed E-state index contributed by atoms with van der Waals surface area (Å²) in [6.07, 6.45) is 0.321. The molecule has 2 aromatic carbocycles. The number of ether oxygens (including phenoxy) is 1. The molecule has 18 heavy (non-hydrogen) atoms. The summed E-state index contributed by atoms with van der Waals surface area (Å²) in [6.45, 7) is 2.01. The Morgan fingerprint density at radius 2 is 1.83 bits per heavy atom. The third-order valence-electron chi connectivity index (χ3n) is 2.98. The van der Waals surface area contributed by atoms with Gasteiger partial charge in [0, 0.05) is 7.11 Å². The number of hydrogen-bond donors (Lipinski definition) is 0. The van der Waals surface area contributed by atoms with Crippen molar-refractivity contribution in [2.45, 2.75) is 13.0 Å². The fourth-order valence-electron chi connectivity index (χ4n) is 2.05. The normalized spacial score (nSPS) is 12.1. The second-order valence-electron chi connectivity index (χ2n) is 4.25. The predicted molar refractivity (Wildman–Crippen MR) is 72.4 cm³/mol. The highest BCUT2D eigenvalue weighted by molar-refractivity contribution is 5.73. The Hall–Kier alpha value is -1.93. The molecular weight excluding hydrogens is 224 g/mol. The highest BCUT2D eigenvalue weighted by Gasteiger charge is 2.14. The maximum absolute atomic E-state index is 11.1. The molecule has 0 fully saturated rings. The van der Waals surface area contributed by atoms with E-state index in [-0.39, 0.29) is 0 Å². The molecule has 0 saturated heterocycles. The highest BCUT2D eigenvalue weighted by Crippen LogP contribution is 2.29. The van der Waals surface area contributed by atoms with E-state index in [1.165, 1.54) is 0 Å². The lowest BCUT2D eigenvalue weighted by molar-refractivity contribution is -0.116. The zero-order chi connectivity index (χ0) is 13.0. The van der Waals surface area contributed by atoms with E-state index in [0.29, 0.717) is 0 Å². The van der Waals surface area contributed by atoms with Crippen molar-refractivity contribution in [3.05, 3.63) is 59.7 Å². The second kappa shape index (κ2) is 5.61. The highest BCUT2D eigenvalue weighted by atomic mass is 16.5. The van der Waals surface area contributed by atoms with Crippen LogP contribution in [0.25, 0.3) is 11.1 Å². The number of carbonyl (C=O) groups excluding carboxylic acids is 1. The number of carbonyl (C=O) groups is 1. The van der Waals surface area contributed by atoms with Crippen LogP contribution in [0.3, 0.4) is 0 Å². The molecule has 0 aliphatic rings. The van der Waals surface area contributed by atoms with E-state index in [2.05, 4.69) is 0 Å². The summed E-state index contributed by atoms with van der Waals surface area (Å²) in [5.41, 5.74) is 4.17. The molecule has 0 amide bonds. The van der Waals surface area contributed by atoms with E-state index in [1.54, 1.807) is 7.11 Å². The quantitative estimate of drug-likeness (QED) is 0.764. The molecule has 0 spiro atoms. The Morgan fingerprint density at radius 1 is 1.11 bits per heavy atom. The lowest BCUT2D eigenvalue weighted by Gasteiger charge is -2.15. The van der Waals surface area contributed by atoms with Crippen molar-refractivity contribution in [2.75, 3.05) is 7.11 Å². The fraction of sp³-hybridized carbons (Fsp3) is 0.188. The van der Waals surface area contributed by atoms with Crippen LogP contribution in [0, 0.1) is 6.92 Å². The molecule has 0 bridgehead atoms. The van der Waals surface area contributed by atoms with Gasteiger partial charge in [0.05, 0.1) is 0 Å². The van der Waals surface area contributed by atoms with Crippen LogP contribution < -0.4 is 0 Å². The van der Waals surface area contributed by atoms with E-state index in [0.717, 1.165) is 28.5 Å². The van der Waals surface area contributed by atoms with Gasteiger partial charge in [0.15, 0.2) is 6.29 Å². The smallest absolute Gasteiger partial charge is 0.153 e. The van der Waals surface area contributed by atoms with E-state index in [1.807, 2.05) is 55.5 Å². The van der Waals surface area contributed by atoms with Crippen LogP contribution >= 0.6 is 0 Å². The summed E-state index contributed by atoms with van der Waals surface area (Å²) in [4.78, 5) is 11.1. The van der Waals surface area contributed by atoms with Crippen LogP contribution in [0.4, 0.5) is 0 Å². The molecule has 1 atom stereocenters. The van der Waals surface area contributed by atoms with Gasteiger partial charge >= 0.3 is 0 Å². The summed E-state index contributed by atoms with van der Waals surface area (Å²) < 4.78 is 5.23. The summed E-state index contributed by atoms with van der Waals surface area (Å²) in [6, 6.07) is 16.1. The van der Waals surface area contributed by atoms with Crippen molar-refractivity contribution in [1.82, 2.24) is 0 Å². The van der Waals surface area contributed by atoms with Crippen molar-refractivity contribution in [2.24, 2.45) is 0 Å². The summed E-state index contributed by atoms with van der Waals surface area (Å²) in [5, 5.41) is 0. The molecule has 2 heteroatoms. The molecule has 2 aromatic rings. The average molecular weight is 240 g/mol. The van der Waals surface area contributed by atoms with Crippen molar-refractivity contribution >= 4 is 6.29 Å². The molecule has 0 aliphatic heterocycles. The first-order valence-electron chi connectivity index (χ1n) is 5.90. The minimum absolute atomic E-state index is 0.514. The van der Waals surface area contributed by atoms with Crippen LogP contribution in [0.1, 0.15) is 17.2 Å². The zero-order valence-electron chi connectivity index (χ0n) is 10.6. The molecule has 0 radical (unpaired) electrons. The molecule has 2 nitrogen and oxygen atoms in total. The van der Waals surface area contributed by atoms with Gasteiger partial charge in [-0.05, 0) is 23.6 Å². The maximum Gasteiger partial charge on any atom is 0.153 e. The van der Waals surface area contributed by atoms with Crippen LogP contribution in [-0.2, 0) is 9.53 Å². The molecule has 0 saturated carbocycles. The monoisotopic (exact) mass is 240 g/mol. The van der Waals surface area contributed by atoms with Gasteiger partial charge < -0.3 is 9.53 Å². The first kappa shape index (κ1) is 12.5. The second-order valence-corrected chi connectivity index (χ2v) is 4.25. The Morgan fingerprint density at radius 3 is 2.44 bits per heavy atom. The SMILES string of the molecule is COC(C=O)c1cc(C)ccc1-c1ccccc1. The number of aldehydes is 1. The van der Waals surface area contributed by atoms with Crippen molar-refractivity contribution in [3.8, 4) is 11.1 Å². The minimum Gasteiger partial charge on any atom is -0.369 e. The lowest BCUT2D eigenvalue weighted by atomic mass is 9.95. The predicted octanol–water partition coefficient (Wildman–Crippen LogP) is 3.55. The molecular formula is C16H16O2. The topological polar surface area (TPSA) is 26.3 Å². The first-order valence-corrected chi connectivity index (χ1v) is 5.90. The van der Waals surface area contributed by atoms with Gasteiger partial charge in [0.2, 0.25) is 0 Å². The Bertz CT molecular complexity index is 532. The van der Waals surface area contributed by atoms with Gasteiger partial charge in [-0.15, -0.1) is 0 Å². The van der Waals surface area contributed by atoms with E-state index < -0.39 is 6.10 Å². The largest absolute Gasteiger partial charge is 0.369 e. The van der Waals surface area contributed by atoms with Crippen LogP contribution in [0.2, 0.25) is 0 Å². The summed E-state index contributed by atoms with van der Waals surface area (Å²) in [7, 11) is 1.55. The zero-order valence-corrected chi connectivity index (χ0v) is 10.6. The van der Waals surface area contributed by atoms with Gasteiger partial charge in [-0.1, -0.05) is 54.1 Å². The summed E-state index contributed by atoms with van der Waals surface area (Å²) in [5.74, 6) is 0. The Balaban J connectivity index is 2.57.